The van der Waals surface area contributed by atoms with Crippen molar-refractivity contribution in [1.82, 2.24) is 9.78 Å². The van der Waals surface area contributed by atoms with E-state index in [2.05, 4.69) is 42.3 Å². The maximum Gasteiger partial charge on any atom is 0.256 e. The van der Waals surface area contributed by atoms with Crippen LogP contribution in [0.5, 0.6) is 0 Å². The largest absolute Gasteiger partial charge is 0.319 e. The van der Waals surface area contributed by atoms with Gasteiger partial charge < -0.3 is 5.32 Å². The van der Waals surface area contributed by atoms with Crippen LogP contribution in [0.3, 0.4) is 0 Å². The predicted octanol–water partition coefficient (Wildman–Crippen LogP) is 3.51. The first kappa shape index (κ1) is 13.3. The van der Waals surface area contributed by atoms with E-state index in [0.29, 0.717) is 5.56 Å². The van der Waals surface area contributed by atoms with E-state index in [0.717, 1.165) is 20.3 Å². The lowest BCUT2D eigenvalue weighted by Gasteiger charge is -2.06. The van der Waals surface area contributed by atoms with Gasteiger partial charge in [0.05, 0.1) is 16.9 Å². The molecule has 0 unspecified atom stereocenters. The molecule has 2 rings (SSSR count). The molecule has 0 saturated heterocycles. The maximum absolute atomic E-state index is 12.1. The summed E-state index contributed by atoms with van der Waals surface area (Å²) in [6.45, 7) is 1.85. The molecule has 1 aromatic carbocycles. The summed E-state index contributed by atoms with van der Waals surface area (Å²) in [5, 5.41) is 7.02. The van der Waals surface area contributed by atoms with E-state index >= 15 is 0 Å². The van der Waals surface area contributed by atoms with Gasteiger partial charge in [-0.3, -0.25) is 9.48 Å². The average Bonchev–Trinajstić information content (AvgIpc) is 2.57. The van der Waals surface area contributed by atoms with Crippen LogP contribution in [0.1, 0.15) is 16.1 Å². The fourth-order valence-corrected chi connectivity index (χ4v) is 2.81. The van der Waals surface area contributed by atoms with E-state index in [1.54, 1.807) is 16.9 Å². The van der Waals surface area contributed by atoms with Crippen LogP contribution in [0.2, 0.25) is 0 Å². The number of carbonyl (C=O) groups excluding carboxylic acids is 1. The summed E-state index contributed by atoms with van der Waals surface area (Å²) in [5.41, 5.74) is 2.10. The van der Waals surface area contributed by atoms with Crippen LogP contribution in [-0.4, -0.2) is 15.7 Å². The number of hydrogen-bond acceptors (Lipinski definition) is 2. The third kappa shape index (κ3) is 2.81. The van der Waals surface area contributed by atoms with Crippen LogP contribution >= 0.6 is 31.9 Å². The number of carbonyl (C=O) groups is 1. The second-order valence-corrected chi connectivity index (χ2v) is 5.65. The zero-order chi connectivity index (χ0) is 13.3. The summed E-state index contributed by atoms with van der Waals surface area (Å²) < 4.78 is 3.33. The number of rotatable bonds is 2. The van der Waals surface area contributed by atoms with Gasteiger partial charge in [-0.1, -0.05) is 15.9 Å². The quantitative estimate of drug-likeness (QED) is 0.876. The molecule has 0 bridgehead atoms. The smallest absolute Gasteiger partial charge is 0.256 e. The molecule has 0 saturated carbocycles. The predicted molar refractivity (Wildman–Crippen MR) is 77.7 cm³/mol. The molecule has 1 N–H and O–H groups in total. The van der Waals surface area contributed by atoms with E-state index in [4.69, 9.17) is 0 Å². The fraction of sp³-hybridized carbons (Fsp3) is 0.167. The number of hydrogen-bond donors (Lipinski definition) is 1. The fourth-order valence-electron chi connectivity index (χ4n) is 1.59. The van der Waals surface area contributed by atoms with Gasteiger partial charge in [0.15, 0.2) is 0 Å². The molecule has 1 amide bonds. The van der Waals surface area contributed by atoms with Crippen molar-refractivity contribution in [2.45, 2.75) is 6.92 Å². The van der Waals surface area contributed by atoms with E-state index in [9.17, 15) is 4.79 Å². The zero-order valence-corrected chi connectivity index (χ0v) is 13.0. The summed E-state index contributed by atoms with van der Waals surface area (Å²) >= 11 is 6.73. The maximum atomic E-state index is 12.1. The summed E-state index contributed by atoms with van der Waals surface area (Å²) in [6, 6.07) is 5.43. The molecule has 1 aromatic heterocycles. The van der Waals surface area contributed by atoms with Gasteiger partial charge in [-0.15, -0.1) is 0 Å². The Hall–Kier alpha value is -1.14. The van der Waals surface area contributed by atoms with E-state index in [1.165, 1.54) is 0 Å². The Morgan fingerprint density at radius 3 is 2.67 bits per heavy atom. The number of benzene rings is 1. The van der Waals surface area contributed by atoms with Crippen LogP contribution in [0.4, 0.5) is 5.69 Å². The second kappa shape index (κ2) is 5.24. The summed E-state index contributed by atoms with van der Waals surface area (Å²) in [4.78, 5) is 12.1. The van der Waals surface area contributed by atoms with Crippen LogP contribution in [-0.2, 0) is 7.05 Å². The molecule has 4 nitrogen and oxygen atoms in total. The molecular weight excluding hydrogens is 362 g/mol. The van der Waals surface area contributed by atoms with Crippen molar-refractivity contribution in [3.05, 3.63) is 44.6 Å². The van der Waals surface area contributed by atoms with Gasteiger partial charge in [0, 0.05) is 22.2 Å². The highest BCUT2D eigenvalue weighted by Gasteiger charge is 2.12. The van der Waals surface area contributed by atoms with E-state index < -0.39 is 0 Å². The van der Waals surface area contributed by atoms with Crippen LogP contribution in [0.15, 0.2) is 33.3 Å². The van der Waals surface area contributed by atoms with Gasteiger partial charge in [0.25, 0.3) is 5.91 Å². The summed E-state index contributed by atoms with van der Waals surface area (Å²) in [6.07, 6.45) is 1.78. The Morgan fingerprint density at radius 1 is 1.39 bits per heavy atom. The van der Waals surface area contributed by atoms with Gasteiger partial charge in [-0.25, -0.2) is 0 Å². The first-order chi connectivity index (χ1) is 8.47. The molecule has 0 atom stereocenters. The number of aryl methyl sites for hydroxylation is 2. The Kier molecular flexibility index (Phi) is 3.87. The molecule has 6 heteroatoms. The average molecular weight is 373 g/mol. The standard InChI is InChI=1S/C12H11Br2N3O/c1-7-11(6-17(2)16-7)15-12(18)9-4-3-8(13)5-10(9)14/h3-6H,1-2H3,(H,15,18). The first-order valence-electron chi connectivity index (χ1n) is 5.24. The zero-order valence-electron chi connectivity index (χ0n) is 9.87. The highest BCUT2D eigenvalue weighted by atomic mass is 79.9. The summed E-state index contributed by atoms with van der Waals surface area (Å²) in [7, 11) is 1.82. The first-order valence-corrected chi connectivity index (χ1v) is 6.82. The van der Waals surface area contributed by atoms with Crippen molar-refractivity contribution in [2.24, 2.45) is 7.05 Å². The number of amides is 1. The molecule has 0 aliphatic heterocycles. The third-order valence-corrected chi connectivity index (χ3v) is 3.59. The van der Waals surface area contributed by atoms with E-state index in [1.807, 2.05) is 26.1 Å². The number of halogens is 2. The molecule has 0 radical (unpaired) electrons. The molecule has 1 heterocycles. The minimum atomic E-state index is -0.162. The minimum Gasteiger partial charge on any atom is -0.319 e. The summed E-state index contributed by atoms with van der Waals surface area (Å²) in [5.74, 6) is -0.162. The van der Waals surface area contributed by atoms with Crippen LogP contribution in [0.25, 0.3) is 0 Å². The third-order valence-electron chi connectivity index (χ3n) is 2.44. The molecule has 2 aromatic rings. The lowest BCUT2D eigenvalue weighted by Crippen LogP contribution is -2.12. The van der Waals surface area contributed by atoms with Crippen molar-refractivity contribution < 1.29 is 4.79 Å². The minimum absolute atomic E-state index is 0.162. The van der Waals surface area contributed by atoms with Crippen molar-refractivity contribution in [1.29, 1.82) is 0 Å². The number of nitrogens with zero attached hydrogens (tertiary/aromatic N) is 2. The van der Waals surface area contributed by atoms with Crippen molar-refractivity contribution in [3.8, 4) is 0 Å². The highest BCUT2D eigenvalue weighted by molar-refractivity contribution is 9.11. The van der Waals surface area contributed by atoms with Crippen molar-refractivity contribution >= 4 is 43.5 Å². The monoisotopic (exact) mass is 371 g/mol. The van der Waals surface area contributed by atoms with Gasteiger partial charge >= 0.3 is 0 Å². The molecule has 0 aliphatic carbocycles. The molecule has 0 fully saturated rings. The normalized spacial score (nSPS) is 10.4. The molecular formula is C12H11Br2N3O. The molecule has 0 aliphatic rings. The molecule has 18 heavy (non-hydrogen) atoms. The van der Waals surface area contributed by atoms with Gasteiger partial charge in [0.2, 0.25) is 0 Å². The van der Waals surface area contributed by atoms with E-state index in [-0.39, 0.29) is 5.91 Å². The lowest BCUT2D eigenvalue weighted by atomic mass is 10.2. The highest BCUT2D eigenvalue weighted by Crippen LogP contribution is 2.23. The van der Waals surface area contributed by atoms with Crippen LogP contribution < -0.4 is 5.32 Å². The van der Waals surface area contributed by atoms with Crippen molar-refractivity contribution in [2.75, 3.05) is 5.32 Å². The number of aromatic nitrogens is 2. The Bertz CT molecular complexity index is 607. The van der Waals surface area contributed by atoms with Crippen LogP contribution in [0, 0.1) is 6.92 Å². The lowest BCUT2D eigenvalue weighted by molar-refractivity contribution is 0.102. The molecule has 94 valence electrons. The number of anilines is 1. The Labute approximate surface area is 122 Å². The van der Waals surface area contributed by atoms with Gasteiger partial charge in [0.1, 0.15) is 0 Å². The van der Waals surface area contributed by atoms with Crippen molar-refractivity contribution in [3.63, 3.8) is 0 Å². The second-order valence-electron chi connectivity index (χ2n) is 3.88. The van der Waals surface area contributed by atoms with Gasteiger partial charge in [-0.05, 0) is 41.1 Å². The topological polar surface area (TPSA) is 46.9 Å². The Balaban J connectivity index is 2.24. The van der Waals surface area contributed by atoms with Gasteiger partial charge in [-0.2, -0.15) is 5.10 Å². The Morgan fingerprint density at radius 2 is 2.11 bits per heavy atom. The molecule has 0 spiro atoms. The number of nitrogens with one attached hydrogen (secondary N) is 1. The SMILES string of the molecule is Cc1nn(C)cc1NC(=O)c1ccc(Br)cc1Br.